The molecule has 0 radical (unpaired) electrons. The van der Waals surface area contributed by atoms with Crippen LogP contribution < -0.4 is 0 Å². The van der Waals surface area contributed by atoms with E-state index in [1.807, 2.05) is 11.8 Å². The molecule has 1 aliphatic rings. The lowest BCUT2D eigenvalue weighted by Gasteiger charge is -2.34. The van der Waals surface area contributed by atoms with E-state index in [1.54, 1.807) is 19.1 Å². The summed E-state index contributed by atoms with van der Waals surface area (Å²) in [5.41, 5.74) is 0.0993. The van der Waals surface area contributed by atoms with Crippen LogP contribution in [0.15, 0.2) is 24.3 Å². The van der Waals surface area contributed by atoms with E-state index in [9.17, 15) is 17.6 Å². The molecule has 21 heavy (non-hydrogen) atoms. The van der Waals surface area contributed by atoms with Crippen molar-refractivity contribution in [2.45, 2.75) is 19.9 Å². The first kappa shape index (κ1) is 16.1. The topological polar surface area (TPSA) is 54.5 Å². The van der Waals surface area contributed by atoms with Gasteiger partial charge in [-0.1, -0.05) is 19.1 Å². The molecule has 0 aromatic heterocycles. The number of carbonyl (C=O) groups is 1. The highest BCUT2D eigenvalue weighted by Gasteiger charge is 2.30. The maximum absolute atomic E-state index is 13.6. The van der Waals surface area contributed by atoms with Crippen molar-refractivity contribution >= 4 is 15.6 Å². The first-order valence-corrected chi connectivity index (χ1v) is 8.85. The van der Waals surface area contributed by atoms with Crippen LogP contribution in [0.5, 0.6) is 0 Å². The van der Waals surface area contributed by atoms with Crippen molar-refractivity contribution in [1.29, 1.82) is 0 Å². The van der Waals surface area contributed by atoms with E-state index in [1.165, 1.54) is 12.1 Å². The zero-order chi connectivity index (χ0) is 15.6. The van der Waals surface area contributed by atoms with Gasteiger partial charge in [0, 0.05) is 25.0 Å². The third-order valence-corrected chi connectivity index (χ3v) is 5.70. The molecule has 1 aromatic carbocycles. The second-order valence-corrected chi connectivity index (χ2v) is 7.93. The average molecular weight is 313 g/mol. The van der Waals surface area contributed by atoms with Crippen LogP contribution in [-0.2, 0) is 9.84 Å². The van der Waals surface area contributed by atoms with Crippen LogP contribution in [0.2, 0.25) is 0 Å². The molecule has 0 aliphatic carbocycles. The Morgan fingerprint density at radius 2 is 2.10 bits per heavy atom. The summed E-state index contributed by atoms with van der Waals surface area (Å²) in [6.07, 6.45) is 0. The number of halogens is 1. The minimum absolute atomic E-state index is 0.0993. The molecule has 6 heteroatoms. The lowest BCUT2D eigenvalue weighted by atomic mass is 9.98. The molecule has 4 nitrogen and oxygen atoms in total. The van der Waals surface area contributed by atoms with Gasteiger partial charge in [-0.2, -0.15) is 0 Å². The van der Waals surface area contributed by atoms with Crippen LogP contribution in [-0.4, -0.2) is 49.7 Å². The molecule has 0 bridgehead atoms. The fraction of sp³-hybridized carbons (Fsp3) is 0.533. The maximum Gasteiger partial charge on any atom is 0.169 e. The van der Waals surface area contributed by atoms with E-state index in [0.29, 0.717) is 13.1 Å². The monoisotopic (exact) mass is 313 g/mol. The van der Waals surface area contributed by atoms with Crippen molar-refractivity contribution in [3.8, 4) is 0 Å². The molecular formula is C15H20FNO3S. The quantitative estimate of drug-likeness (QED) is 0.795. The average Bonchev–Trinajstić information content (AvgIpc) is 2.41. The second kappa shape index (κ2) is 6.23. The van der Waals surface area contributed by atoms with Gasteiger partial charge < -0.3 is 0 Å². The van der Waals surface area contributed by atoms with Gasteiger partial charge >= 0.3 is 0 Å². The summed E-state index contributed by atoms with van der Waals surface area (Å²) >= 11 is 0. The minimum Gasteiger partial charge on any atom is -0.298 e. The van der Waals surface area contributed by atoms with Gasteiger partial charge in [0.15, 0.2) is 15.6 Å². The van der Waals surface area contributed by atoms with E-state index in [-0.39, 0.29) is 34.8 Å². The lowest BCUT2D eigenvalue weighted by molar-refractivity contribution is 0.0876. The molecule has 116 valence electrons. The molecule has 1 aromatic rings. The number of rotatable bonds is 4. The summed E-state index contributed by atoms with van der Waals surface area (Å²) in [6, 6.07) is 5.83. The smallest absolute Gasteiger partial charge is 0.169 e. The molecule has 0 N–H and O–H groups in total. The molecule has 0 amide bonds. The zero-order valence-corrected chi connectivity index (χ0v) is 13.1. The molecule has 2 atom stereocenters. The molecule has 0 spiro atoms. The van der Waals surface area contributed by atoms with Gasteiger partial charge in [-0.15, -0.1) is 0 Å². The Bertz CT molecular complexity index is 630. The van der Waals surface area contributed by atoms with Gasteiger partial charge in [0.1, 0.15) is 5.82 Å². The third kappa shape index (κ3) is 3.89. The summed E-state index contributed by atoms with van der Waals surface area (Å²) in [5, 5.41) is 0. The fourth-order valence-corrected chi connectivity index (χ4v) is 4.29. The van der Waals surface area contributed by atoms with Crippen LogP contribution in [0.1, 0.15) is 24.2 Å². The molecule has 2 unspecified atom stereocenters. The van der Waals surface area contributed by atoms with Gasteiger partial charge in [0.2, 0.25) is 0 Å². The Balaban J connectivity index is 2.03. The van der Waals surface area contributed by atoms with E-state index in [4.69, 9.17) is 0 Å². The standard InChI is InChI=1S/C15H20FNO3S/c1-11(15(18)13-5-3-4-6-14(13)16)9-17-7-8-21(19,20)10-12(17)2/h3-6,11-12H,7-10H2,1-2H3. The van der Waals surface area contributed by atoms with E-state index in [2.05, 4.69) is 0 Å². The van der Waals surface area contributed by atoms with Gasteiger partial charge in [0.05, 0.1) is 17.1 Å². The van der Waals surface area contributed by atoms with Gasteiger partial charge in [-0.05, 0) is 19.1 Å². The normalized spacial score (nSPS) is 23.7. The van der Waals surface area contributed by atoms with Crippen molar-refractivity contribution in [2.24, 2.45) is 5.92 Å². The van der Waals surface area contributed by atoms with Crippen molar-refractivity contribution in [3.63, 3.8) is 0 Å². The molecule has 1 fully saturated rings. The van der Waals surface area contributed by atoms with E-state index in [0.717, 1.165) is 0 Å². The van der Waals surface area contributed by atoms with Crippen molar-refractivity contribution in [2.75, 3.05) is 24.6 Å². The number of ketones is 1. The predicted molar refractivity (Wildman–Crippen MR) is 79.6 cm³/mol. The maximum atomic E-state index is 13.6. The lowest BCUT2D eigenvalue weighted by Crippen LogP contribution is -2.49. The fourth-order valence-electron chi connectivity index (χ4n) is 2.67. The predicted octanol–water partition coefficient (Wildman–Crippen LogP) is 1.76. The molecule has 0 saturated carbocycles. The Hall–Kier alpha value is -1.27. The van der Waals surface area contributed by atoms with Crippen LogP contribution in [0.4, 0.5) is 4.39 Å². The number of Topliss-reactive ketones (excluding diaryl/α,β-unsaturated/α-hetero) is 1. The summed E-state index contributed by atoms with van der Waals surface area (Å²) in [6.45, 7) is 4.48. The van der Waals surface area contributed by atoms with Crippen molar-refractivity contribution in [3.05, 3.63) is 35.6 Å². The van der Waals surface area contributed by atoms with Gasteiger partial charge in [-0.3, -0.25) is 9.69 Å². The highest BCUT2D eigenvalue weighted by molar-refractivity contribution is 7.91. The number of nitrogens with zero attached hydrogens (tertiary/aromatic N) is 1. The summed E-state index contributed by atoms with van der Waals surface area (Å²) in [5.74, 6) is -0.881. The summed E-state index contributed by atoms with van der Waals surface area (Å²) in [4.78, 5) is 14.3. The molecular weight excluding hydrogens is 293 g/mol. The van der Waals surface area contributed by atoms with Crippen molar-refractivity contribution < 1.29 is 17.6 Å². The summed E-state index contributed by atoms with van der Waals surface area (Å²) < 4.78 is 36.7. The SMILES string of the molecule is CC(CN1CCS(=O)(=O)CC1C)C(=O)c1ccccc1F. The zero-order valence-electron chi connectivity index (χ0n) is 12.3. The number of hydrogen-bond acceptors (Lipinski definition) is 4. The Morgan fingerprint density at radius 1 is 1.43 bits per heavy atom. The molecule has 1 saturated heterocycles. The number of sulfone groups is 1. The number of carbonyl (C=O) groups excluding carboxylic acids is 1. The molecule has 2 rings (SSSR count). The van der Waals surface area contributed by atoms with Gasteiger partial charge in [0.25, 0.3) is 0 Å². The first-order valence-electron chi connectivity index (χ1n) is 7.03. The van der Waals surface area contributed by atoms with Crippen LogP contribution >= 0.6 is 0 Å². The highest BCUT2D eigenvalue weighted by Crippen LogP contribution is 2.17. The van der Waals surface area contributed by atoms with Crippen LogP contribution in [0, 0.1) is 11.7 Å². The Labute approximate surface area is 124 Å². The number of hydrogen-bond donors (Lipinski definition) is 0. The van der Waals surface area contributed by atoms with Crippen molar-refractivity contribution in [1.82, 2.24) is 4.90 Å². The highest BCUT2D eigenvalue weighted by atomic mass is 32.2. The van der Waals surface area contributed by atoms with Crippen LogP contribution in [0.3, 0.4) is 0 Å². The van der Waals surface area contributed by atoms with E-state index < -0.39 is 15.7 Å². The Kier molecular flexibility index (Phi) is 4.78. The third-order valence-electron chi connectivity index (χ3n) is 3.90. The minimum atomic E-state index is -2.97. The Morgan fingerprint density at radius 3 is 2.71 bits per heavy atom. The van der Waals surface area contributed by atoms with Crippen LogP contribution in [0.25, 0.3) is 0 Å². The molecule has 1 aliphatic heterocycles. The van der Waals surface area contributed by atoms with E-state index >= 15 is 0 Å². The number of benzene rings is 1. The molecule has 1 heterocycles. The summed E-state index contributed by atoms with van der Waals surface area (Å²) in [7, 11) is -2.97. The van der Waals surface area contributed by atoms with Gasteiger partial charge in [-0.25, -0.2) is 12.8 Å². The second-order valence-electron chi connectivity index (χ2n) is 5.70. The largest absolute Gasteiger partial charge is 0.298 e. The first-order chi connectivity index (χ1) is 9.80.